The van der Waals surface area contributed by atoms with E-state index in [0.29, 0.717) is 12.4 Å². The number of aromatic nitrogens is 1. The predicted molar refractivity (Wildman–Crippen MR) is 74.2 cm³/mol. The van der Waals surface area contributed by atoms with Crippen LogP contribution in [0.5, 0.6) is 0 Å². The molecule has 0 aliphatic heterocycles. The Morgan fingerprint density at radius 1 is 1.26 bits per heavy atom. The molecule has 0 spiro atoms. The zero-order valence-electron chi connectivity index (χ0n) is 10.9. The van der Waals surface area contributed by atoms with Crippen molar-refractivity contribution in [2.45, 2.75) is 13.5 Å². The molecule has 1 aromatic carbocycles. The van der Waals surface area contributed by atoms with Gasteiger partial charge in [0.25, 0.3) is 0 Å². The molecule has 1 aromatic heterocycles. The summed E-state index contributed by atoms with van der Waals surface area (Å²) in [5.74, 6) is 0.385. The fraction of sp³-hybridized carbons (Fsp3) is 0.214. The first-order chi connectivity index (χ1) is 9.09. The lowest BCUT2D eigenvalue weighted by Gasteiger charge is -2.19. The third-order valence-electron chi connectivity index (χ3n) is 2.99. The molecular weight excluding hydrogens is 242 g/mol. The Hall–Kier alpha value is -2.43. The fourth-order valence-corrected chi connectivity index (χ4v) is 1.94. The van der Waals surface area contributed by atoms with Gasteiger partial charge in [0.15, 0.2) is 0 Å². The van der Waals surface area contributed by atoms with E-state index in [4.69, 9.17) is 0 Å². The molecule has 98 valence electrons. The Morgan fingerprint density at radius 2 is 2.00 bits per heavy atom. The van der Waals surface area contributed by atoms with Gasteiger partial charge in [-0.15, -0.1) is 0 Å². The molecule has 0 saturated carbocycles. The van der Waals surface area contributed by atoms with Gasteiger partial charge in [-0.2, -0.15) is 0 Å². The highest BCUT2D eigenvalue weighted by Crippen LogP contribution is 2.25. The van der Waals surface area contributed by atoms with Crippen LogP contribution in [0.25, 0.3) is 0 Å². The Kier molecular flexibility index (Phi) is 3.75. The zero-order valence-corrected chi connectivity index (χ0v) is 10.9. The molecule has 0 aliphatic rings. The Labute approximate surface area is 111 Å². The summed E-state index contributed by atoms with van der Waals surface area (Å²) in [5.41, 5.74) is 2.32. The number of anilines is 1. The van der Waals surface area contributed by atoms with Crippen LogP contribution in [0.1, 0.15) is 11.1 Å². The normalized spacial score (nSPS) is 10.2. The van der Waals surface area contributed by atoms with E-state index in [-0.39, 0.29) is 5.69 Å². The maximum absolute atomic E-state index is 11.0. The van der Waals surface area contributed by atoms with Gasteiger partial charge in [0.1, 0.15) is 0 Å². The molecule has 0 aliphatic carbocycles. The molecule has 5 nitrogen and oxygen atoms in total. The summed E-state index contributed by atoms with van der Waals surface area (Å²) in [6.45, 7) is 2.61. The maximum Gasteiger partial charge on any atom is 0.311 e. The third-order valence-corrected chi connectivity index (χ3v) is 2.99. The lowest BCUT2D eigenvalue weighted by Crippen LogP contribution is -2.19. The van der Waals surface area contributed by atoms with Gasteiger partial charge in [-0.25, -0.2) is 4.98 Å². The molecule has 0 amide bonds. The van der Waals surface area contributed by atoms with Gasteiger partial charge >= 0.3 is 5.69 Å². The fourth-order valence-electron chi connectivity index (χ4n) is 1.94. The maximum atomic E-state index is 11.0. The van der Waals surface area contributed by atoms with Crippen molar-refractivity contribution in [3.05, 3.63) is 63.8 Å². The van der Waals surface area contributed by atoms with Crippen molar-refractivity contribution in [2.75, 3.05) is 11.9 Å². The van der Waals surface area contributed by atoms with Gasteiger partial charge in [-0.05, 0) is 24.1 Å². The van der Waals surface area contributed by atoms with Crippen molar-refractivity contribution >= 4 is 11.5 Å². The van der Waals surface area contributed by atoms with Crippen molar-refractivity contribution < 1.29 is 4.92 Å². The highest BCUT2D eigenvalue weighted by molar-refractivity contribution is 5.57. The van der Waals surface area contributed by atoms with Gasteiger partial charge in [0.2, 0.25) is 5.82 Å². The largest absolute Gasteiger partial charge is 0.350 e. The summed E-state index contributed by atoms with van der Waals surface area (Å²) in [5, 5.41) is 11.0. The molecule has 2 rings (SSSR count). The molecule has 0 N–H and O–H groups in total. The summed E-state index contributed by atoms with van der Waals surface area (Å²) in [7, 11) is 1.81. The van der Waals surface area contributed by atoms with Gasteiger partial charge in [-0.3, -0.25) is 10.1 Å². The summed E-state index contributed by atoms with van der Waals surface area (Å²) < 4.78 is 0. The first-order valence-electron chi connectivity index (χ1n) is 5.94. The number of nitro groups is 1. The zero-order chi connectivity index (χ0) is 13.8. The summed E-state index contributed by atoms with van der Waals surface area (Å²) in [4.78, 5) is 16.5. The van der Waals surface area contributed by atoms with Crippen LogP contribution in [0.3, 0.4) is 0 Å². The van der Waals surface area contributed by atoms with Crippen LogP contribution in [-0.4, -0.2) is 17.0 Å². The minimum Gasteiger partial charge on any atom is -0.350 e. The van der Waals surface area contributed by atoms with Gasteiger partial charge in [0, 0.05) is 25.9 Å². The molecule has 0 radical (unpaired) electrons. The highest BCUT2D eigenvalue weighted by Gasteiger charge is 2.18. The number of pyridine rings is 1. The van der Waals surface area contributed by atoms with Crippen molar-refractivity contribution in [3.63, 3.8) is 0 Å². The number of nitrogens with zero attached hydrogens (tertiary/aromatic N) is 3. The van der Waals surface area contributed by atoms with Crippen molar-refractivity contribution in [1.29, 1.82) is 0 Å². The van der Waals surface area contributed by atoms with Gasteiger partial charge in [0.05, 0.1) is 4.92 Å². The van der Waals surface area contributed by atoms with Gasteiger partial charge in [-0.1, -0.05) is 24.3 Å². The van der Waals surface area contributed by atoms with E-state index in [1.807, 2.05) is 38.2 Å². The predicted octanol–water partition coefficient (Wildman–Crippen LogP) is 2.93. The smallest absolute Gasteiger partial charge is 0.311 e. The van der Waals surface area contributed by atoms with Crippen molar-refractivity contribution in [1.82, 2.24) is 4.98 Å². The van der Waals surface area contributed by atoms with E-state index >= 15 is 0 Å². The van der Waals surface area contributed by atoms with Crippen LogP contribution in [0.15, 0.2) is 42.6 Å². The Balaban J connectivity index is 2.28. The topological polar surface area (TPSA) is 59.3 Å². The lowest BCUT2D eigenvalue weighted by atomic mass is 10.1. The Bertz CT molecular complexity index is 599. The molecule has 2 aromatic rings. The summed E-state index contributed by atoms with van der Waals surface area (Å²) in [6, 6.07) is 11.0. The second kappa shape index (κ2) is 5.48. The molecule has 1 heterocycles. The van der Waals surface area contributed by atoms with Crippen LogP contribution < -0.4 is 4.90 Å². The standard InChI is InChI=1S/C14H15N3O2/c1-11-6-3-4-7-12(11)10-16(2)14-13(17(18)19)8-5-9-15-14/h3-9H,10H2,1-2H3. The third kappa shape index (κ3) is 2.88. The van der Waals surface area contributed by atoms with E-state index < -0.39 is 4.92 Å². The van der Waals surface area contributed by atoms with E-state index in [1.165, 1.54) is 6.07 Å². The van der Waals surface area contributed by atoms with E-state index in [9.17, 15) is 10.1 Å². The van der Waals surface area contributed by atoms with Crippen molar-refractivity contribution in [3.8, 4) is 0 Å². The number of benzene rings is 1. The van der Waals surface area contributed by atoms with E-state index in [1.54, 1.807) is 17.2 Å². The number of hydrogen-bond acceptors (Lipinski definition) is 4. The van der Waals surface area contributed by atoms with E-state index in [2.05, 4.69) is 4.98 Å². The minimum atomic E-state index is -0.406. The first-order valence-corrected chi connectivity index (χ1v) is 5.94. The molecule has 0 bridgehead atoms. The molecule has 0 saturated heterocycles. The van der Waals surface area contributed by atoms with Gasteiger partial charge < -0.3 is 4.90 Å². The Morgan fingerprint density at radius 3 is 2.68 bits per heavy atom. The second-order valence-corrected chi connectivity index (χ2v) is 4.39. The van der Waals surface area contributed by atoms with Crippen LogP contribution in [0, 0.1) is 17.0 Å². The molecule has 5 heteroatoms. The average molecular weight is 257 g/mol. The quantitative estimate of drug-likeness (QED) is 0.624. The molecule has 0 unspecified atom stereocenters. The van der Waals surface area contributed by atoms with Crippen LogP contribution in [0.4, 0.5) is 11.5 Å². The number of rotatable bonds is 4. The number of aryl methyl sites for hydroxylation is 1. The average Bonchev–Trinajstić information content (AvgIpc) is 2.41. The number of hydrogen-bond donors (Lipinski definition) is 0. The molecule has 19 heavy (non-hydrogen) atoms. The molecular formula is C14H15N3O2. The minimum absolute atomic E-state index is 0.0265. The SMILES string of the molecule is Cc1ccccc1CN(C)c1ncccc1[N+](=O)[O-]. The summed E-state index contributed by atoms with van der Waals surface area (Å²) in [6.07, 6.45) is 1.57. The van der Waals surface area contributed by atoms with E-state index in [0.717, 1.165) is 11.1 Å². The second-order valence-electron chi connectivity index (χ2n) is 4.39. The lowest BCUT2D eigenvalue weighted by molar-refractivity contribution is -0.384. The molecule has 0 fully saturated rings. The van der Waals surface area contributed by atoms with Crippen molar-refractivity contribution in [2.24, 2.45) is 0 Å². The van der Waals surface area contributed by atoms with Crippen LogP contribution in [0.2, 0.25) is 0 Å². The molecule has 0 atom stereocenters. The summed E-state index contributed by atoms with van der Waals surface area (Å²) >= 11 is 0. The van der Waals surface area contributed by atoms with Crippen LogP contribution in [-0.2, 0) is 6.54 Å². The first kappa shape index (κ1) is 13.0. The van der Waals surface area contributed by atoms with Crippen LogP contribution >= 0.6 is 0 Å². The highest BCUT2D eigenvalue weighted by atomic mass is 16.6. The monoisotopic (exact) mass is 257 g/mol.